The Morgan fingerprint density at radius 2 is 1.81 bits per heavy atom. The quantitative estimate of drug-likeness (QED) is 0.523. The zero-order valence-corrected chi connectivity index (χ0v) is 17.3. The van der Waals surface area contributed by atoms with Crippen molar-refractivity contribution in [3.8, 4) is 17.0 Å². The number of hydrogen-bond donors (Lipinski definition) is 1. The molecule has 0 fully saturated rings. The van der Waals surface area contributed by atoms with E-state index in [2.05, 4.69) is 15.3 Å². The van der Waals surface area contributed by atoms with Crippen molar-refractivity contribution in [1.82, 2.24) is 19.9 Å². The predicted octanol–water partition coefficient (Wildman–Crippen LogP) is 3.42. The highest BCUT2D eigenvalue weighted by Crippen LogP contribution is 2.18. The minimum atomic E-state index is -0.203. The summed E-state index contributed by atoms with van der Waals surface area (Å²) in [5.74, 6) is 0.579. The third kappa shape index (κ3) is 4.16. The maximum absolute atomic E-state index is 12.9. The highest BCUT2D eigenvalue weighted by Gasteiger charge is 2.13. The van der Waals surface area contributed by atoms with Gasteiger partial charge in [-0.15, -0.1) is 0 Å². The van der Waals surface area contributed by atoms with E-state index in [0.29, 0.717) is 41.1 Å². The van der Waals surface area contributed by atoms with Crippen molar-refractivity contribution in [2.45, 2.75) is 20.0 Å². The summed E-state index contributed by atoms with van der Waals surface area (Å²) in [7, 11) is 1.61. The number of ether oxygens (including phenoxy) is 1. The molecule has 0 bridgehead atoms. The van der Waals surface area contributed by atoms with E-state index >= 15 is 0 Å². The molecule has 2 aromatic heterocycles. The van der Waals surface area contributed by atoms with Crippen LogP contribution in [-0.2, 0) is 13.1 Å². The number of nitrogens with one attached hydrogen (secondary N) is 1. The molecular formula is C24H22N4O3. The summed E-state index contributed by atoms with van der Waals surface area (Å²) in [5.41, 5.74) is 3.49. The molecule has 4 rings (SSSR count). The summed E-state index contributed by atoms with van der Waals surface area (Å²) in [6, 6.07) is 18.0. The standard InChI is InChI=1S/C24H22N4O3/c1-3-28-22-20(5-4-14-25-22)27-21(24(28)30)17-8-10-18(11-9-17)23(29)26-15-16-6-12-19(31-2)13-7-16/h4-14H,3,15H2,1-2H3,(H,26,29). The summed E-state index contributed by atoms with van der Waals surface area (Å²) >= 11 is 0. The van der Waals surface area contributed by atoms with Gasteiger partial charge in [-0.25, -0.2) is 9.97 Å². The molecule has 31 heavy (non-hydrogen) atoms. The maximum atomic E-state index is 12.9. The first-order chi connectivity index (χ1) is 15.1. The molecule has 0 aliphatic rings. The smallest absolute Gasteiger partial charge is 0.278 e. The Balaban J connectivity index is 1.54. The molecule has 2 heterocycles. The number of rotatable bonds is 6. The topological polar surface area (TPSA) is 86.1 Å². The maximum Gasteiger partial charge on any atom is 0.278 e. The number of aryl methyl sites for hydroxylation is 1. The minimum absolute atomic E-state index is 0.191. The van der Waals surface area contributed by atoms with Gasteiger partial charge >= 0.3 is 0 Å². The summed E-state index contributed by atoms with van der Waals surface area (Å²) in [5, 5.41) is 2.90. The second kappa shape index (κ2) is 8.79. The molecule has 0 unspecified atom stereocenters. The molecular weight excluding hydrogens is 392 g/mol. The number of benzene rings is 2. The Morgan fingerprint density at radius 3 is 2.48 bits per heavy atom. The highest BCUT2D eigenvalue weighted by molar-refractivity contribution is 5.94. The van der Waals surface area contributed by atoms with E-state index in [4.69, 9.17) is 4.74 Å². The second-order valence-corrected chi connectivity index (χ2v) is 6.96. The Bertz CT molecular complexity index is 1280. The Labute approximate surface area is 179 Å². The lowest BCUT2D eigenvalue weighted by molar-refractivity contribution is 0.0951. The number of methoxy groups -OCH3 is 1. The van der Waals surface area contributed by atoms with Crippen LogP contribution >= 0.6 is 0 Å². The van der Waals surface area contributed by atoms with Gasteiger partial charge in [0.2, 0.25) is 0 Å². The first-order valence-corrected chi connectivity index (χ1v) is 9.98. The Hall–Kier alpha value is -4.00. The summed E-state index contributed by atoms with van der Waals surface area (Å²) in [6.07, 6.45) is 1.65. The fourth-order valence-electron chi connectivity index (χ4n) is 3.36. The third-order valence-electron chi connectivity index (χ3n) is 5.05. The van der Waals surface area contributed by atoms with Crippen molar-refractivity contribution in [3.63, 3.8) is 0 Å². The fraction of sp³-hybridized carbons (Fsp3) is 0.167. The van der Waals surface area contributed by atoms with Crippen LogP contribution in [0.1, 0.15) is 22.8 Å². The molecule has 2 aromatic carbocycles. The molecule has 156 valence electrons. The van der Waals surface area contributed by atoms with Gasteiger partial charge in [-0.3, -0.25) is 14.2 Å². The van der Waals surface area contributed by atoms with E-state index in [1.165, 1.54) is 0 Å². The van der Waals surface area contributed by atoms with E-state index in [-0.39, 0.29) is 11.5 Å². The molecule has 1 N–H and O–H groups in total. The molecule has 0 aliphatic heterocycles. The number of carbonyl (C=O) groups excluding carboxylic acids is 1. The van der Waals surface area contributed by atoms with E-state index < -0.39 is 0 Å². The van der Waals surface area contributed by atoms with Gasteiger partial charge in [-0.1, -0.05) is 24.3 Å². The zero-order valence-electron chi connectivity index (χ0n) is 17.3. The second-order valence-electron chi connectivity index (χ2n) is 6.96. The number of amides is 1. The minimum Gasteiger partial charge on any atom is -0.497 e. The van der Waals surface area contributed by atoms with Crippen LogP contribution in [0.2, 0.25) is 0 Å². The van der Waals surface area contributed by atoms with Crippen molar-refractivity contribution in [2.24, 2.45) is 0 Å². The molecule has 7 nitrogen and oxygen atoms in total. The molecule has 0 aliphatic carbocycles. The average Bonchev–Trinajstić information content (AvgIpc) is 2.82. The predicted molar refractivity (Wildman–Crippen MR) is 119 cm³/mol. The Kier molecular flexibility index (Phi) is 5.75. The normalized spacial score (nSPS) is 10.8. The average molecular weight is 414 g/mol. The zero-order chi connectivity index (χ0) is 21.8. The molecule has 7 heteroatoms. The molecule has 0 saturated heterocycles. The number of hydrogen-bond acceptors (Lipinski definition) is 5. The lowest BCUT2D eigenvalue weighted by Gasteiger charge is -2.10. The van der Waals surface area contributed by atoms with Crippen LogP contribution in [0.4, 0.5) is 0 Å². The first-order valence-electron chi connectivity index (χ1n) is 9.98. The number of pyridine rings is 1. The molecule has 0 atom stereocenters. The third-order valence-corrected chi connectivity index (χ3v) is 5.05. The molecule has 0 saturated carbocycles. The summed E-state index contributed by atoms with van der Waals surface area (Å²) in [6.45, 7) is 2.80. The largest absolute Gasteiger partial charge is 0.497 e. The molecule has 0 radical (unpaired) electrons. The molecule has 4 aromatic rings. The van der Waals surface area contributed by atoms with Gasteiger partial charge in [0, 0.05) is 30.4 Å². The monoisotopic (exact) mass is 414 g/mol. The van der Waals surface area contributed by atoms with Crippen LogP contribution in [-0.4, -0.2) is 27.6 Å². The van der Waals surface area contributed by atoms with E-state index in [9.17, 15) is 9.59 Å². The van der Waals surface area contributed by atoms with E-state index in [1.54, 1.807) is 48.2 Å². The van der Waals surface area contributed by atoms with Gasteiger partial charge < -0.3 is 10.1 Å². The number of nitrogens with zero attached hydrogens (tertiary/aromatic N) is 3. The summed E-state index contributed by atoms with van der Waals surface area (Å²) in [4.78, 5) is 34.2. The van der Waals surface area contributed by atoms with Gasteiger partial charge in [0.05, 0.1) is 7.11 Å². The lowest BCUT2D eigenvalue weighted by Crippen LogP contribution is -2.24. The van der Waals surface area contributed by atoms with Gasteiger partial charge in [0.15, 0.2) is 5.65 Å². The van der Waals surface area contributed by atoms with Crippen molar-refractivity contribution in [2.75, 3.05) is 7.11 Å². The number of fused-ring (bicyclic) bond motifs is 1. The molecule has 1 amide bonds. The Morgan fingerprint density at radius 1 is 1.06 bits per heavy atom. The van der Waals surface area contributed by atoms with E-state index in [0.717, 1.165) is 11.3 Å². The van der Waals surface area contributed by atoms with Gasteiger partial charge in [0.1, 0.15) is 17.0 Å². The van der Waals surface area contributed by atoms with Crippen molar-refractivity contribution < 1.29 is 9.53 Å². The van der Waals surface area contributed by atoms with Crippen LogP contribution in [0.5, 0.6) is 5.75 Å². The van der Waals surface area contributed by atoms with Crippen molar-refractivity contribution in [1.29, 1.82) is 0 Å². The lowest BCUT2D eigenvalue weighted by atomic mass is 10.1. The van der Waals surface area contributed by atoms with Crippen molar-refractivity contribution in [3.05, 3.63) is 88.3 Å². The highest BCUT2D eigenvalue weighted by atomic mass is 16.5. The van der Waals surface area contributed by atoms with E-state index in [1.807, 2.05) is 37.3 Å². The van der Waals surface area contributed by atoms with Gasteiger partial charge in [0.25, 0.3) is 11.5 Å². The van der Waals surface area contributed by atoms with Crippen LogP contribution in [0.3, 0.4) is 0 Å². The van der Waals surface area contributed by atoms with Crippen LogP contribution in [0.15, 0.2) is 71.7 Å². The van der Waals surface area contributed by atoms with Crippen molar-refractivity contribution >= 4 is 17.1 Å². The van der Waals surface area contributed by atoms with Gasteiger partial charge in [-0.05, 0) is 48.9 Å². The summed E-state index contributed by atoms with van der Waals surface area (Å²) < 4.78 is 6.74. The van der Waals surface area contributed by atoms with Gasteiger partial charge in [-0.2, -0.15) is 0 Å². The first kappa shape index (κ1) is 20.3. The fourth-order valence-corrected chi connectivity index (χ4v) is 3.36. The number of carbonyl (C=O) groups is 1. The van der Waals surface area contributed by atoms with Crippen LogP contribution in [0.25, 0.3) is 22.4 Å². The SMILES string of the molecule is CCn1c(=O)c(-c2ccc(C(=O)NCc3ccc(OC)cc3)cc2)nc2cccnc21. The van der Waals surface area contributed by atoms with Crippen LogP contribution in [0, 0.1) is 0 Å². The molecule has 0 spiro atoms. The van der Waals surface area contributed by atoms with Crippen LogP contribution < -0.4 is 15.6 Å². The number of aromatic nitrogens is 3.